The summed E-state index contributed by atoms with van der Waals surface area (Å²) in [4.78, 5) is 36.7. The number of aliphatic hydroxyl groups excluding tert-OH is 3. The van der Waals surface area contributed by atoms with Crippen molar-refractivity contribution >= 4 is 17.7 Å². The van der Waals surface area contributed by atoms with Gasteiger partial charge < -0.3 is 68.3 Å². The number of carbonyl (C=O) groups is 2. The van der Waals surface area contributed by atoms with Crippen LogP contribution in [0.2, 0.25) is 0 Å². The number of anilines is 1. The van der Waals surface area contributed by atoms with Crippen molar-refractivity contribution in [1.82, 2.24) is 34.9 Å². The fourth-order valence-corrected chi connectivity index (χ4v) is 12.4. The van der Waals surface area contributed by atoms with Crippen LogP contribution in [0.3, 0.4) is 0 Å². The van der Waals surface area contributed by atoms with Crippen LogP contribution in [0.15, 0.2) is 35.3 Å². The van der Waals surface area contributed by atoms with Crippen molar-refractivity contribution in [3.05, 3.63) is 42.3 Å². The number of esters is 1. The van der Waals surface area contributed by atoms with Gasteiger partial charge in [0.2, 0.25) is 12.2 Å². The lowest BCUT2D eigenvalue weighted by molar-refractivity contribution is -0.302. The Bertz CT molecular complexity index is 2400. The number of likely N-dealkylation sites (N-methyl/N-ethyl adjacent to an activating group) is 2. The Kier molecular flexibility index (Phi) is 18.7. The van der Waals surface area contributed by atoms with E-state index in [0.29, 0.717) is 37.3 Å². The van der Waals surface area contributed by atoms with Crippen LogP contribution in [0.25, 0.3) is 11.4 Å². The maximum absolute atomic E-state index is 15.0. The number of aliphatic hydroxyl groups is 5. The fraction of sp³-hybridized carbons (Fsp3) is 0.774. The third kappa shape index (κ3) is 12.8. The second kappa shape index (κ2) is 24.0. The van der Waals surface area contributed by atoms with E-state index in [-0.39, 0.29) is 49.7 Å². The first kappa shape index (κ1) is 59.4. The molecule has 19 atom stereocenters. The van der Waals surface area contributed by atoms with Crippen LogP contribution in [0.5, 0.6) is 0 Å². The molecule has 23 heteroatoms. The molecule has 1 unspecified atom stereocenters. The predicted octanol–water partition coefficient (Wildman–Crippen LogP) is 3.59. The molecular weight excluding hydrogens is 992 g/mol. The van der Waals surface area contributed by atoms with Crippen LogP contribution >= 0.6 is 0 Å². The molecule has 1 amide bonds. The van der Waals surface area contributed by atoms with Crippen LogP contribution in [0.4, 0.5) is 14.9 Å². The zero-order valence-corrected chi connectivity index (χ0v) is 46.4. The number of amides is 1. The maximum Gasteiger partial charge on any atom is 0.414 e. The SMILES string of the molecule is CC[C@H]1OC(=O)[C@H](C)[C@@H](C2C[C@@](C)(OC)[C@@H](O)[C@H](C)O2)[C@H](C)[C@@H](O[C@@H]2O[C@H](C)C[C@H](N(C)CCc3cn(C[C@H]4CN(c5ccc(-c6ncon6)c(F)c5)C(=O)O4)nn3)[C@H]2O)[C@](C)(O)C[C@@H](C)CN(C)[C@H](C)[C@@H](O)[C@]1(C)O. The number of carbonyl (C=O) groups excluding carboxylic acids is 2. The molecule has 4 fully saturated rings. The molecule has 0 aliphatic carbocycles. The molecule has 426 valence electrons. The highest BCUT2D eigenvalue weighted by Gasteiger charge is 2.55. The van der Waals surface area contributed by atoms with E-state index in [0.717, 1.165) is 6.39 Å². The molecule has 4 aliphatic heterocycles. The van der Waals surface area contributed by atoms with E-state index in [9.17, 15) is 35.1 Å². The first-order chi connectivity index (χ1) is 35.7. The van der Waals surface area contributed by atoms with E-state index in [1.54, 1.807) is 58.5 Å². The lowest BCUT2D eigenvalue weighted by Gasteiger charge is -2.51. The first-order valence-electron chi connectivity index (χ1n) is 26.7. The third-order valence-corrected chi connectivity index (χ3v) is 16.9. The minimum absolute atomic E-state index is 0.0878. The fourth-order valence-electron chi connectivity index (χ4n) is 12.4. The lowest BCUT2D eigenvalue weighted by atomic mass is 9.68. The van der Waals surface area contributed by atoms with Gasteiger partial charge in [-0.2, -0.15) is 4.98 Å². The van der Waals surface area contributed by atoms with E-state index >= 15 is 4.39 Å². The number of methoxy groups -OCH3 is 1. The quantitative estimate of drug-likeness (QED) is 0.153. The van der Waals surface area contributed by atoms with Gasteiger partial charge in [0.15, 0.2) is 6.29 Å². The molecule has 76 heavy (non-hydrogen) atoms. The highest BCUT2D eigenvalue weighted by Crippen LogP contribution is 2.45. The molecule has 4 aliphatic rings. The van der Waals surface area contributed by atoms with E-state index in [1.165, 1.54) is 31.1 Å². The van der Waals surface area contributed by atoms with Crippen LogP contribution in [-0.4, -0.2) is 203 Å². The van der Waals surface area contributed by atoms with Crippen molar-refractivity contribution in [3.8, 4) is 11.4 Å². The molecule has 0 radical (unpaired) electrons. The molecule has 0 saturated carbocycles. The summed E-state index contributed by atoms with van der Waals surface area (Å²) in [5.74, 6) is -3.83. The van der Waals surface area contributed by atoms with Gasteiger partial charge in [-0.3, -0.25) is 9.69 Å². The number of rotatable bonds is 13. The van der Waals surface area contributed by atoms with Gasteiger partial charge in [0.1, 0.15) is 41.9 Å². The zero-order valence-electron chi connectivity index (χ0n) is 46.4. The largest absolute Gasteiger partial charge is 0.459 e. The van der Waals surface area contributed by atoms with E-state index in [2.05, 4.69) is 20.5 Å². The van der Waals surface area contributed by atoms with Gasteiger partial charge in [-0.15, -0.1) is 5.10 Å². The Morgan fingerprint density at radius 2 is 1.70 bits per heavy atom. The molecular formula is C53H83FN8O14. The average Bonchev–Trinajstić information content (AvgIpc) is 4.15. The van der Waals surface area contributed by atoms with E-state index < -0.39 is 126 Å². The van der Waals surface area contributed by atoms with Gasteiger partial charge in [0.05, 0.1) is 71.6 Å². The summed E-state index contributed by atoms with van der Waals surface area (Å²) in [7, 11) is 5.24. The van der Waals surface area contributed by atoms with Crippen molar-refractivity contribution in [2.24, 2.45) is 23.7 Å². The first-order valence-corrected chi connectivity index (χ1v) is 26.7. The predicted molar refractivity (Wildman–Crippen MR) is 273 cm³/mol. The minimum atomic E-state index is -1.84. The lowest BCUT2D eigenvalue weighted by Crippen LogP contribution is -2.62. The molecule has 6 heterocycles. The molecule has 4 saturated heterocycles. The summed E-state index contributed by atoms with van der Waals surface area (Å²) in [5, 5.41) is 72.5. The molecule has 0 spiro atoms. The Hall–Kier alpha value is -4.27. The second-order valence-electron chi connectivity index (χ2n) is 23.0. The highest BCUT2D eigenvalue weighted by atomic mass is 19.1. The van der Waals surface area contributed by atoms with Crippen molar-refractivity contribution in [2.75, 3.05) is 45.7 Å². The number of ether oxygens (including phenoxy) is 6. The molecule has 7 rings (SSSR count). The minimum Gasteiger partial charge on any atom is -0.459 e. The second-order valence-corrected chi connectivity index (χ2v) is 23.0. The van der Waals surface area contributed by atoms with Crippen LogP contribution < -0.4 is 4.90 Å². The molecule has 22 nitrogen and oxygen atoms in total. The third-order valence-electron chi connectivity index (χ3n) is 16.9. The molecule has 5 N–H and O–H groups in total. The summed E-state index contributed by atoms with van der Waals surface area (Å²) in [6.07, 6.45) is -5.72. The molecule has 0 bridgehead atoms. The van der Waals surface area contributed by atoms with E-state index in [4.69, 9.17) is 32.9 Å². The smallest absolute Gasteiger partial charge is 0.414 e. The monoisotopic (exact) mass is 1070 g/mol. The Labute approximate surface area is 445 Å². The van der Waals surface area contributed by atoms with Gasteiger partial charge in [0.25, 0.3) is 0 Å². The normalized spacial score (nSPS) is 39.7. The average molecular weight is 1080 g/mol. The number of hydrogen-bond acceptors (Lipinski definition) is 20. The van der Waals surface area contributed by atoms with Crippen LogP contribution in [-0.2, 0) is 46.2 Å². The van der Waals surface area contributed by atoms with Crippen molar-refractivity contribution in [1.29, 1.82) is 0 Å². The number of hydrogen-bond donors (Lipinski definition) is 5. The highest BCUT2D eigenvalue weighted by molar-refractivity contribution is 5.90. The summed E-state index contributed by atoms with van der Waals surface area (Å²) in [6, 6.07) is 3.21. The Morgan fingerprint density at radius 1 is 0.974 bits per heavy atom. The zero-order chi connectivity index (χ0) is 55.8. The Morgan fingerprint density at radius 3 is 2.36 bits per heavy atom. The summed E-state index contributed by atoms with van der Waals surface area (Å²) < 4.78 is 59.1. The maximum atomic E-state index is 15.0. The van der Waals surface area contributed by atoms with Gasteiger partial charge in [-0.25, -0.2) is 13.9 Å². The Balaban J connectivity index is 1.09. The number of benzene rings is 1. The van der Waals surface area contributed by atoms with Crippen LogP contribution in [0.1, 0.15) is 101 Å². The van der Waals surface area contributed by atoms with Crippen molar-refractivity contribution in [2.45, 2.75) is 198 Å². The van der Waals surface area contributed by atoms with Gasteiger partial charge in [0, 0.05) is 57.2 Å². The number of cyclic esters (lactones) is 2. The standard InChI is InChI=1S/C53H83FN8O14/c1-14-41-53(10,69)44(64)32(6)60(12)23-28(2)21-51(8,68)46(30(4)42(31(5)48(66)75-41)40-22-52(9,70-13)45(65)33(7)73-40)76-49-43(63)39(19-29(3)72-49)59(11)18-17-34-24-61(58-56-34)25-36-26-62(50(67)74-36)35-15-16-37(38(54)20-35)47-55-27-71-57-47/h15-16,20,24,27-33,36,39-46,49,63-65,68-69H,14,17-19,21-23,25-26H2,1-13H3/t28-,29-,30+,31-,32-,33+,36+,39+,40?,41-,42+,43-,44-,45+,46-,49+,51-,52-,53-/m1/s1. The summed E-state index contributed by atoms with van der Waals surface area (Å²) in [6.45, 7) is 19.0. The summed E-state index contributed by atoms with van der Waals surface area (Å²) in [5.41, 5.74) is -3.45. The van der Waals surface area contributed by atoms with Crippen molar-refractivity contribution < 1.29 is 72.5 Å². The molecule has 3 aromatic rings. The van der Waals surface area contributed by atoms with E-state index in [1.807, 2.05) is 44.7 Å². The number of halogens is 1. The number of nitrogens with zero attached hydrogens (tertiary/aromatic N) is 8. The van der Waals surface area contributed by atoms with Crippen LogP contribution in [0, 0.1) is 29.5 Å². The molecule has 2 aromatic heterocycles. The molecule has 1 aromatic carbocycles. The van der Waals surface area contributed by atoms with Gasteiger partial charge in [-0.1, -0.05) is 38.1 Å². The van der Waals surface area contributed by atoms with Gasteiger partial charge in [-0.05, 0) is 105 Å². The van der Waals surface area contributed by atoms with Gasteiger partial charge >= 0.3 is 12.1 Å². The number of aromatic nitrogens is 5. The topological polar surface area (TPSA) is 270 Å². The van der Waals surface area contributed by atoms with Crippen molar-refractivity contribution in [3.63, 3.8) is 0 Å². The summed E-state index contributed by atoms with van der Waals surface area (Å²) >= 11 is 0.